The van der Waals surface area contributed by atoms with Crippen LogP contribution in [0.4, 0.5) is 4.39 Å². The Bertz CT molecular complexity index is 574. The van der Waals surface area contributed by atoms with Crippen LogP contribution in [0.3, 0.4) is 0 Å². The van der Waals surface area contributed by atoms with E-state index in [9.17, 15) is 19.1 Å². The van der Waals surface area contributed by atoms with E-state index in [1.54, 1.807) is 18.2 Å². The number of fused-ring (bicyclic) bond motifs is 2. The molecule has 0 saturated heterocycles. The molecule has 5 heteroatoms. The van der Waals surface area contributed by atoms with Gasteiger partial charge in [-0.15, -0.1) is 0 Å². The summed E-state index contributed by atoms with van der Waals surface area (Å²) in [6.07, 6.45) is 2.73. The van der Waals surface area contributed by atoms with Crippen LogP contribution >= 0.6 is 0 Å². The molecule has 2 fully saturated rings. The molecule has 2 saturated carbocycles. The van der Waals surface area contributed by atoms with Gasteiger partial charge < -0.3 is 10.4 Å². The summed E-state index contributed by atoms with van der Waals surface area (Å²) in [6, 6.07) is 5.85. The lowest BCUT2D eigenvalue weighted by Gasteiger charge is -2.28. The Balaban J connectivity index is 1.67. The molecule has 3 rings (SSSR count). The van der Waals surface area contributed by atoms with Crippen LogP contribution in [0.15, 0.2) is 24.3 Å². The van der Waals surface area contributed by atoms with Crippen LogP contribution in [0, 0.1) is 23.6 Å². The Kier molecular flexibility index (Phi) is 3.66. The number of nitrogens with one attached hydrogen (secondary N) is 1. The van der Waals surface area contributed by atoms with Gasteiger partial charge in [-0.25, -0.2) is 4.39 Å². The normalized spacial score (nSPS) is 30.3. The predicted octanol–water partition coefficient (Wildman–Crippen LogP) is 1.98. The van der Waals surface area contributed by atoms with E-state index in [1.165, 1.54) is 6.07 Å². The Labute approximate surface area is 122 Å². The highest BCUT2D eigenvalue weighted by Crippen LogP contribution is 2.48. The van der Waals surface area contributed by atoms with Crippen LogP contribution in [-0.4, -0.2) is 23.0 Å². The molecule has 4 atom stereocenters. The van der Waals surface area contributed by atoms with Crippen LogP contribution < -0.4 is 5.32 Å². The first-order valence-corrected chi connectivity index (χ1v) is 7.32. The zero-order valence-electron chi connectivity index (χ0n) is 11.6. The van der Waals surface area contributed by atoms with Crippen molar-refractivity contribution >= 4 is 11.9 Å². The van der Waals surface area contributed by atoms with Gasteiger partial charge in [0.15, 0.2) is 0 Å². The Morgan fingerprint density at radius 3 is 2.67 bits per heavy atom. The molecule has 2 bridgehead atoms. The number of benzene rings is 1. The molecular formula is C16H18FNO3. The first-order chi connectivity index (χ1) is 10.1. The molecule has 0 heterocycles. The molecule has 4 unspecified atom stereocenters. The van der Waals surface area contributed by atoms with Crippen molar-refractivity contribution in [1.82, 2.24) is 5.32 Å². The largest absolute Gasteiger partial charge is 0.481 e. The highest BCUT2D eigenvalue weighted by Gasteiger charge is 2.51. The van der Waals surface area contributed by atoms with Gasteiger partial charge in [0.2, 0.25) is 5.91 Å². The van der Waals surface area contributed by atoms with Crippen LogP contribution in [0.5, 0.6) is 0 Å². The Morgan fingerprint density at radius 1 is 1.24 bits per heavy atom. The first kappa shape index (κ1) is 14.0. The zero-order valence-corrected chi connectivity index (χ0v) is 11.6. The van der Waals surface area contributed by atoms with Crippen molar-refractivity contribution in [3.05, 3.63) is 35.6 Å². The maximum Gasteiger partial charge on any atom is 0.308 e. The summed E-state index contributed by atoms with van der Waals surface area (Å²) < 4.78 is 13.5. The minimum Gasteiger partial charge on any atom is -0.481 e. The van der Waals surface area contributed by atoms with Gasteiger partial charge in [0.05, 0.1) is 12.3 Å². The topological polar surface area (TPSA) is 66.4 Å². The highest BCUT2D eigenvalue weighted by molar-refractivity contribution is 5.80. The lowest BCUT2D eigenvalue weighted by molar-refractivity contribution is -0.144. The fourth-order valence-corrected chi connectivity index (χ4v) is 3.91. The summed E-state index contributed by atoms with van der Waals surface area (Å²) in [5.74, 6) is -1.61. The molecule has 0 spiro atoms. The maximum absolute atomic E-state index is 13.5. The van der Waals surface area contributed by atoms with Gasteiger partial charge in [-0.1, -0.05) is 18.2 Å². The second-order valence-corrected chi connectivity index (χ2v) is 6.06. The number of carbonyl (C=O) groups is 2. The average molecular weight is 291 g/mol. The molecule has 0 aromatic heterocycles. The van der Waals surface area contributed by atoms with E-state index in [1.807, 2.05) is 0 Å². The minimum atomic E-state index is -0.835. The third kappa shape index (κ3) is 2.64. The van der Waals surface area contributed by atoms with Crippen molar-refractivity contribution in [2.24, 2.45) is 17.8 Å². The molecule has 21 heavy (non-hydrogen) atoms. The molecule has 1 aromatic rings. The van der Waals surface area contributed by atoms with Crippen LogP contribution in [0.1, 0.15) is 24.8 Å². The van der Waals surface area contributed by atoms with E-state index in [2.05, 4.69) is 5.32 Å². The summed E-state index contributed by atoms with van der Waals surface area (Å²) in [5, 5.41) is 12.2. The van der Waals surface area contributed by atoms with Crippen molar-refractivity contribution in [2.75, 3.05) is 0 Å². The van der Waals surface area contributed by atoms with E-state index < -0.39 is 17.7 Å². The van der Waals surface area contributed by atoms with Gasteiger partial charge in [-0.3, -0.25) is 9.59 Å². The second kappa shape index (κ2) is 5.47. The minimum absolute atomic E-state index is 0.0487. The van der Waals surface area contributed by atoms with E-state index >= 15 is 0 Å². The first-order valence-electron chi connectivity index (χ1n) is 7.32. The second-order valence-electron chi connectivity index (χ2n) is 6.06. The predicted molar refractivity (Wildman–Crippen MR) is 74.0 cm³/mol. The number of halogens is 1. The van der Waals surface area contributed by atoms with E-state index in [0.717, 1.165) is 19.3 Å². The monoisotopic (exact) mass is 291 g/mol. The number of aliphatic carboxylic acids is 1. The van der Waals surface area contributed by atoms with Crippen molar-refractivity contribution in [2.45, 2.75) is 31.7 Å². The highest BCUT2D eigenvalue weighted by atomic mass is 19.1. The number of amides is 1. The maximum atomic E-state index is 13.5. The van der Waals surface area contributed by atoms with Crippen molar-refractivity contribution in [1.29, 1.82) is 0 Å². The fourth-order valence-electron chi connectivity index (χ4n) is 3.91. The molecule has 4 nitrogen and oxygen atoms in total. The number of hydrogen-bond acceptors (Lipinski definition) is 2. The molecule has 2 N–H and O–H groups in total. The third-order valence-corrected chi connectivity index (χ3v) is 4.84. The lowest BCUT2D eigenvalue weighted by Crippen LogP contribution is -2.47. The van der Waals surface area contributed by atoms with Gasteiger partial charge in [0, 0.05) is 6.04 Å². The molecule has 2 aliphatic carbocycles. The molecular weight excluding hydrogens is 273 g/mol. The van der Waals surface area contributed by atoms with Gasteiger partial charge in [0.1, 0.15) is 5.82 Å². The SMILES string of the molecule is O=C(Cc1ccccc1F)NC1C2CCC(C2)C1C(=O)O. The van der Waals surface area contributed by atoms with E-state index in [-0.39, 0.29) is 30.2 Å². The van der Waals surface area contributed by atoms with Gasteiger partial charge in [0.25, 0.3) is 0 Å². The van der Waals surface area contributed by atoms with E-state index in [4.69, 9.17) is 0 Å². The third-order valence-electron chi connectivity index (χ3n) is 4.84. The van der Waals surface area contributed by atoms with Crippen LogP contribution in [-0.2, 0) is 16.0 Å². The summed E-state index contributed by atoms with van der Waals surface area (Å²) in [6.45, 7) is 0. The molecule has 112 valence electrons. The lowest BCUT2D eigenvalue weighted by atomic mass is 9.84. The molecule has 1 aromatic carbocycles. The molecule has 0 radical (unpaired) electrons. The number of carboxylic acid groups (broad SMARTS) is 1. The number of hydrogen-bond donors (Lipinski definition) is 2. The van der Waals surface area contributed by atoms with Gasteiger partial charge >= 0.3 is 5.97 Å². The summed E-state index contributed by atoms with van der Waals surface area (Å²) in [7, 11) is 0. The standard InChI is InChI=1S/C16H18FNO3/c17-12-4-2-1-3-9(12)8-13(19)18-15-11-6-5-10(7-11)14(15)16(20)21/h1-4,10-11,14-15H,5-8H2,(H,18,19)(H,20,21). The van der Waals surface area contributed by atoms with E-state index in [0.29, 0.717) is 5.56 Å². The average Bonchev–Trinajstić information content (AvgIpc) is 3.02. The van der Waals surface area contributed by atoms with Gasteiger partial charge in [-0.05, 0) is 42.7 Å². The summed E-state index contributed by atoms with van der Waals surface area (Å²) >= 11 is 0. The number of carbonyl (C=O) groups excluding carboxylic acids is 1. The summed E-state index contributed by atoms with van der Waals surface area (Å²) in [4.78, 5) is 23.5. The van der Waals surface area contributed by atoms with Gasteiger partial charge in [-0.2, -0.15) is 0 Å². The molecule has 2 aliphatic rings. The molecule has 0 aliphatic heterocycles. The number of rotatable bonds is 4. The van der Waals surface area contributed by atoms with Crippen LogP contribution in [0.25, 0.3) is 0 Å². The Morgan fingerprint density at radius 2 is 1.95 bits per heavy atom. The van der Waals surface area contributed by atoms with Crippen molar-refractivity contribution < 1.29 is 19.1 Å². The quantitative estimate of drug-likeness (QED) is 0.891. The number of carboxylic acids is 1. The zero-order chi connectivity index (χ0) is 15.0. The fraction of sp³-hybridized carbons (Fsp3) is 0.500. The van der Waals surface area contributed by atoms with Crippen molar-refractivity contribution in [3.8, 4) is 0 Å². The van der Waals surface area contributed by atoms with Crippen molar-refractivity contribution in [3.63, 3.8) is 0 Å². The Hall–Kier alpha value is -1.91. The van der Waals surface area contributed by atoms with Crippen LogP contribution in [0.2, 0.25) is 0 Å². The summed E-state index contributed by atoms with van der Waals surface area (Å²) in [5.41, 5.74) is 0.338. The molecule has 1 amide bonds. The smallest absolute Gasteiger partial charge is 0.308 e.